The van der Waals surface area contributed by atoms with E-state index in [0.717, 1.165) is 6.42 Å². The van der Waals surface area contributed by atoms with Gasteiger partial charge in [0.25, 0.3) is 5.91 Å². The lowest BCUT2D eigenvalue weighted by Crippen LogP contribution is -2.50. The summed E-state index contributed by atoms with van der Waals surface area (Å²) in [5.41, 5.74) is 0.658. The Balaban J connectivity index is 2.39. The van der Waals surface area contributed by atoms with Crippen molar-refractivity contribution in [2.45, 2.75) is 25.5 Å². The fraction of sp³-hybridized carbons (Fsp3) is 0.385. The van der Waals surface area contributed by atoms with Crippen molar-refractivity contribution in [1.82, 2.24) is 10.4 Å². The number of nitrogens with one attached hydrogen (secondary N) is 1. The third-order valence-corrected chi connectivity index (χ3v) is 3.11. The van der Waals surface area contributed by atoms with Crippen LogP contribution in [0.5, 0.6) is 0 Å². The van der Waals surface area contributed by atoms with Gasteiger partial charge in [0.15, 0.2) is 6.23 Å². The highest BCUT2D eigenvalue weighted by Crippen LogP contribution is 2.31. The van der Waals surface area contributed by atoms with Crippen LogP contribution in [0.4, 0.5) is 0 Å². The average molecular weight is 264 g/mol. The summed E-state index contributed by atoms with van der Waals surface area (Å²) < 4.78 is 0. The molecule has 0 bridgehead atoms. The molecule has 0 saturated heterocycles. The largest absolute Gasteiger partial charge is 0.370 e. The summed E-state index contributed by atoms with van der Waals surface area (Å²) in [4.78, 5) is 23.9. The van der Waals surface area contributed by atoms with Gasteiger partial charge in [-0.15, -0.1) is 0 Å². The summed E-state index contributed by atoms with van der Waals surface area (Å²) in [7, 11) is 0. The molecule has 0 saturated carbocycles. The second-order valence-electron chi connectivity index (χ2n) is 4.42. The summed E-state index contributed by atoms with van der Waals surface area (Å²) >= 11 is 0. The van der Waals surface area contributed by atoms with Gasteiger partial charge in [0.05, 0.1) is 0 Å². The van der Waals surface area contributed by atoms with Crippen LogP contribution in [0.2, 0.25) is 0 Å². The zero-order valence-corrected chi connectivity index (χ0v) is 10.5. The minimum absolute atomic E-state index is 0.207. The lowest BCUT2D eigenvalue weighted by molar-refractivity contribution is -0.175. The second-order valence-corrected chi connectivity index (χ2v) is 4.42. The van der Waals surface area contributed by atoms with Gasteiger partial charge in [-0.25, -0.2) is 0 Å². The third kappa shape index (κ3) is 2.32. The van der Waals surface area contributed by atoms with Crippen LogP contribution in [0.15, 0.2) is 24.3 Å². The Hall–Kier alpha value is -1.92. The first-order valence-electron chi connectivity index (χ1n) is 6.15. The molecule has 1 aromatic rings. The number of rotatable bonds is 3. The first kappa shape index (κ1) is 13.5. The number of nitrogens with zero attached hydrogens (tertiary/aromatic N) is 1. The number of carbonyl (C=O) groups is 2. The van der Waals surface area contributed by atoms with Crippen LogP contribution in [-0.2, 0) is 4.79 Å². The lowest BCUT2D eigenvalue weighted by atomic mass is 9.88. The summed E-state index contributed by atoms with van der Waals surface area (Å²) in [5, 5.41) is 22.4. The van der Waals surface area contributed by atoms with Crippen LogP contribution < -0.4 is 5.32 Å². The standard InChI is InChI=1S/C13H16N2O4/c1-2-7-14-11(16)10-8-5-3-4-6-9(8)12(17)15(19)13(10)18/h3-6,10,13,18-19H,2,7H2,1H3,(H,14,16). The number of hydrogen-bond acceptors (Lipinski definition) is 4. The Morgan fingerprint density at radius 3 is 2.79 bits per heavy atom. The number of hydrogen-bond donors (Lipinski definition) is 3. The summed E-state index contributed by atoms with van der Waals surface area (Å²) in [6.07, 6.45) is -0.808. The number of carbonyl (C=O) groups excluding carboxylic acids is 2. The first-order valence-corrected chi connectivity index (χ1v) is 6.15. The van der Waals surface area contributed by atoms with Crippen molar-refractivity contribution in [3.63, 3.8) is 0 Å². The molecule has 2 unspecified atom stereocenters. The van der Waals surface area contributed by atoms with Gasteiger partial charge < -0.3 is 10.4 Å². The molecule has 1 aliphatic rings. The quantitative estimate of drug-likeness (QED) is 0.692. The van der Waals surface area contributed by atoms with Crippen molar-refractivity contribution in [1.29, 1.82) is 0 Å². The number of fused-ring (bicyclic) bond motifs is 1. The van der Waals surface area contributed by atoms with E-state index in [1.807, 2.05) is 6.92 Å². The van der Waals surface area contributed by atoms with E-state index in [1.165, 1.54) is 6.07 Å². The van der Waals surface area contributed by atoms with Gasteiger partial charge in [-0.1, -0.05) is 25.1 Å². The number of benzene rings is 1. The normalized spacial score (nSPS) is 22.1. The van der Waals surface area contributed by atoms with Crippen molar-refractivity contribution >= 4 is 11.8 Å². The maximum absolute atomic E-state index is 12.1. The predicted molar refractivity (Wildman–Crippen MR) is 66.4 cm³/mol. The molecule has 0 radical (unpaired) electrons. The second kappa shape index (κ2) is 5.38. The van der Waals surface area contributed by atoms with Crippen molar-refractivity contribution in [2.24, 2.45) is 0 Å². The monoisotopic (exact) mass is 264 g/mol. The zero-order chi connectivity index (χ0) is 14.0. The van der Waals surface area contributed by atoms with E-state index >= 15 is 0 Å². The van der Waals surface area contributed by atoms with Gasteiger partial charge in [-0.3, -0.25) is 14.8 Å². The van der Waals surface area contributed by atoms with Crippen molar-refractivity contribution in [3.05, 3.63) is 35.4 Å². The average Bonchev–Trinajstić information content (AvgIpc) is 2.43. The van der Waals surface area contributed by atoms with E-state index in [0.29, 0.717) is 12.1 Å². The van der Waals surface area contributed by atoms with Gasteiger partial charge in [0, 0.05) is 12.1 Å². The number of amides is 2. The molecular formula is C13H16N2O4. The van der Waals surface area contributed by atoms with Crippen molar-refractivity contribution < 1.29 is 19.9 Å². The number of hydroxylamine groups is 2. The molecule has 2 atom stereocenters. The smallest absolute Gasteiger partial charge is 0.280 e. The fourth-order valence-corrected chi connectivity index (χ4v) is 2.14. The third-order valence-electron chi connectivity index (χ3n) is 3.11. The Bertz CT molecular complexity index is 503. The number of aliphatic hydroxyl groups excluding tert-OH is 1. The highest BCUT2D eigenvalue weighted by atomic mass is 16.5. The highest BCUT2D eigenvalue weighted by Gasteiger charge is 2.42. The molecule has 0 aliphatic carbocycles. The molecule has 6 heteroatoms. The van der Waals surface area contributed by atoms with Crippen LogP contribution in [-0.4, -0.2) is 40.0 Å². The first-order chi connectivity index (χ1) is 9.07. The van der Waals surface area contributed by atoms with E-state index in [2.05, 4.69) is 5.32 Å². The Morgan fingerprint density at radius 2 is 2.11 bits per heavy atom. The number of aliphatic hydroxyl groups is 1. The van der Waals surface area contributed by atoms with Crippen molar-refractivity contribution in [2.75, 3.05) is 6.54 Å². The van der Waals surface area contributed by atoms with Crippen LogP contribution in [0.1, 0.15) is 35.2 Å². The van der Waals surface area contributed by atoms with Gasteiger partial charge in [0.1, 0.15) is 5.92 Å². The minimum atomic E-state index is -1.57. The molecule has 6 nitrogen and oxygen atoms in total. The van der Waals surface area contributed by atoms with E-state index in [9.17, 15) is 19.9 Å². The maximum Gasteiger partial charge on any atom is 0.280 e. The van der Waals surface area contributed by atoms with E-state index < -0.39 is 24.0 Å². The molecule has 102 valence electrons. The fourth-order valence-electron chi connectivity index (χ4n) is 2.14. The molecule has 0 fully saturated rings. The van der Waals surface area contributed by atoms with E-state index in [4.69, 9.17) is 0 Å². The zero-order valence-electron chi connectivity index (χ0n) is 10.5. The summed E-state index contributed by atoms with van der Waals surface area (Å²) in [6.45, 7) is 2.39. The SMILES string of the molecule is CCCNC(=O)C1c2ccccc2C(=O)N(O)C1O. The van der Waals surface area contributed by atoms with E-state index in [-0.39, 0.29) is 10.6 Å². The Kier molecular flexibility index (Phi) is 3.82. The Labute approximate surface area is 110 Å². The summed E-state index contributed by atoms with van der Waals surface area (Å²) in [6, 6.07) is 6.46. The highest BCUT2D eigenvalue weighted by molar-refractivity contribution is 6.00. The van der Waals surface area contributed by atoms with Crippen LogP contribution in [0, 0.1) is 0 Å². The lowest BCUT2D eigenvalue weighted by Gasteiger charge is -2.34. The molecule has 1 heterocycles. The molecule has 3 N–H and O–H groups in total. The van der Waals surface area contributed by atoms with E-state index in [1.54, 1.807) is 18.2 Å². The molecular weight excluding hydrogens is 248 g/mol. The topological polar surface area (TPSA) is 89.9 Å². The molecule has 2 rings (SSSR count). The van der Waals surface area contributed by atoms with Gasteiger partial charge in [-0.05, 0) is 18.1 Å². The van der Waals surface area contributed by atoms with Gasteiger partial charge in [0.2, 0.25) is 5.91 Å². The van der Waals surface area contributed by atoms with Crippen LogP contribution in [0.25, 0.3) is 0 Å². The molecule has 1 aliphatic heterocycles. The molecule has 2 amide bonds. The van der Waals surface area contributed by atoms with Crippen LogP contribution in [0.3, 0.4) is 0 Å². The van der Waals surface area contributed by atoms with Crippen molar-refractivity contribution in [3.8, 4) is 0 Å². The van der Waals surface area contributed by atoms with Gasteiger partial charge in [-0.2, -0.15) is 5.06 Å². The molecule has 1 aromatic carbocycles. The predicted octanol–water partition coefficient (Wildman–Crippen LogP) is 0.460. The molecule has 0 spiro atoms. The van der Waals surface area contributed by atoms with Gasteiger partial charge >= 0.3 is 0 Å². The van der Waals surface area contributed by atoms with Crippen LogP contribution >= 0.6 is 0 Å². The summed E-state index contributed by atoms with van der Waals surface area (Å²) in [5.74, 6) is -2.10. The molecule has 19 heavy (non-hydrogen) atoms. The minimum Gasteiger partial charge on any atom is -0.370 e. The molecule has 0 aromatic heterocycles. The maximum atomic E-state index is 12.1. The Morgan fingerprint density at radius 1 is 1.42 bits per heavy atom.